The highest BCUT2D eigenvalue weighted by Gasteiger charge is 2.27. The summed E-state index contributed by atoms with van der Waals surface area (Å²) < 4.78 is 2.23. The summed E-state index contributed by atoms with van der Waals surface area (Å²) in [6, 6.07) is 4.07. The first-order chi connectivity index (χ1) is 13.4. The number of piperidine rings is 1. The molecule has 1 atom stereocenters. The van der Waals surface area contributed by atoms with Gasteiger partial charge in [0.1, 0.15) is 17.7 Å². The van der Waals surface area contributed by atoms with E-state index >= 15 is 0 Å². The molecular formula is C19H20N8. The molecule has 0 bridgehead atoms. The third-order valence-electron chi connectivity index (χ3n) is 5.11. The molecule has 8 heteroatoms. The number of nitrogens with one attached hydrogen (secondary N) is 1. The smallest absolute Gasteiger partial charge is 0.182 e. The van der Waals surface area contributed by atoms with Crippen LogP contribution in [0.3, 0.4) is 0 Å². The van der Waals surface area contributed by atoms with Crippen LogP contribution in [0.4, 0.5) is 5.82 Å². The molecule has 136 valence electrons. The second kappa shape index (κ2) is 6.79. The molecule has 0 radical (unpaired) electrons. The maximum absolute atomic E-state index is 4.68. The lowest BCUT2D eigenvalue weighted by Gasteiger charge is -2.33. The minimum absolute atomic E-state index is 0.360. The zero-order valence-corrected chi connectivity index (χ0v) is 14.9. The van der Waals surface area contributed by atoms with Crippen LogP contribution in [-0.4, -0.2) is 47.6 Å². The second-order valence-corrected chi connectivity index (χ2v) is 6.86. The third kappa shape index (κ3) is 3.03. The average molecular weight is 360 g/mol. The number of nitrogens with zero attached hydrogens (tertiary/aromatic N) is 7. The Morgan fingerprint density at radius 3 is 3.07 bits per heavy atom. The van der Waals surface area contributed by atoms with Crippen LogP contribution in [0.25, 0.3) is 11.2 Å². The maximum atomic E-state index is 4.68. The lowest BCUT2D eigenvalue weighted by molar-refractivity contribution is 0.474. The van der Waals surface area contributed by atoms with Gasteiger partial charge in [0.25, 0.3) is 0 Å². The van der Waals surface area contributed by atoms with E-state index in [0.29, 0.717) is 11.6 Å². The van der Waals surface area contributed by atoms with Crippen LogP contribution in [0, 0.1) is 0 Å². The maximum Gasteiger partial charge on any atom is 0.182 e. The van der Waals surface area contributed by atoms with Crippen LogP contribution >= 0.6 is 0 Å². The summed E-state index contributed by atoms with van der Waals surface area (Å²) in [6.07, 6.45) is 13.1. The van der Waals surface area contributed by atoms with Crippen LogP contribution < -0.4 is 4.90 Å². The molecule has 0 aliphatic carbocycles. The van der Waals surface area contributed by atoms with Crippen LogP contribution in [-0.2, 0) is 6.54 Å². The Hall–Kier alpha value is -3.29. The molecule has 0 saturated carbocycles. The van der Waals surface area contributed by atoms with Gasteiger partial charge >= 0.3 is 0 Å². The van der Waals surface area contributed by atoms with Crippen LogP contribution in [0.15, 0.2) is 49.6 Å². The Labute approximate surface area is 156 Å². The van der Waals surface area contributed by atoms with Crippen molar-refractivity contribution in [1.29, 1.82) is 0 Å². The highest BCUT2D eigenvalue weighted by atomic mass is 15.2. The Bertz CT molecular complexity index is 1040. The van der Waals surface area contributed by atoms with Gasteiger partial charge < -0.3 is 14.5 Å². The second-order valence-electron chi connectivity index (χ2n) is 6.86. The Kier molecular flexibility index (Phi) is 4.00. The zero-order valence-electron chi connectivity index (χ0n) is 14.9. The SMILES string of the molecule is c1cncc(Cn2ccnc2C2CCCN(c3ncnc4nc[nH]c34)C2)c1. The third-order valence-corrected chi connectivity index (χ3v) is 5.11. The quantitative estimate of drug-likeness (QED) is 0.601. The van der Waals surface area contributed by atoms with Gasteiger partial charge in [0.2, 0.25) is 0 Å². The summed E-state index contributed by atoms with van der Waals surface area (Å²) in [6.45, 7) is 2.65. The molecule has 5 rings (SSSR count). The number of hydrogen-bond acceptors (Lipinski definition) is 6. The molecule has 27 heavy (non-hydrogen) atoms. The number of H-pyrrole nitrogens is 1. The fraction of sp³-hybridized carbons (Fsp3) is 0.316. The molecule has 1 aliphatic heterocycles. The number of aromatic nitrogens is 7. The fourth-order valence-corrected chi connectivity index (χ4v) is 3.87. The van der Waals surface area contributed by atoms with Crippen molar-refractivity contribution in [3.8, 4) is 0 Å². The number of hydrogen-bond donors (Lipinski definition) is 1. The van der Waals surface area contributed by atoms with Crippen molar-refractivity contribution in [2.75, 3.05) is 18.0 Å². The van der Waals surface area contributed by atoms with Gasteiger partial charge in [-0.25, -0.2) is 19.9 Å². The van der Waals surface area contributed by atoms with Crippen LogP contribution in [0.2, 0.25) is 0 Å². The first kappa shape index (κ1) is 15.9. The van der Waals surface area contributed by atoms with Crippen molar-refractivity contribution in [2.24, 2.45) is 0 Å². The first-order valence-electron chi connectivity index (χ1n) is 9.17. The molecule has 0 aromatic carbocycles. The van der Waals surface area contributed by atoms with Crippen LogP contribution in [0.1, 0.15) is 30.1 Å². The van der Waals surface area contributed by atoms with E-state index in [1.165, 1.54) is 5.56 Å². The lowest BCUT2D eigenvalue weighted by Crippen LogP contribution is -2.36. The van der Waals surface area contributed by atoms with E-state index < -0.39 is 0 Å². The van der Waals surface area contributed by atoms with E-state index in [1.54, 1.807) is 18.9 Å². The first-order valence-corrected chi connectivity index (χ1v) is 9.17. The summed E-state index contributed by atoms with van der Waals surface area (Å²) in [5.41, 5.74) is 2.79. The van der Waals surface area contributed by atoms with E-state index in [0.717, 1.165) is 49.6 Å². The van der Waals surface area contributed by atoms with E-state index in [-0.39, 0.29) is 0 Å². The summed E-state index contributed by atoms with van der Waals surface area (Å²) in [5, 5.41) is 0. The molecule has 0 amide bonds. The van der Waals surface area contributed by atoms with Crippen molar-refractivity contribution in [1.82, 2.24) is 34.5 Å². The summed E-state index contributed by atoms with van der Waals surface area (Å²) >= 11 is 0. The Morgan fingerprint density at radius 1 is 1.15 bits per heavy atom. The van der Waals surface area contributed by atoms with Gasteiger partial charge in [-0.2, -0.15) is 0 Å². The van der Waals surface area contributed by atoms with Gasteiger partial charge in [-0.15, -0.1) is 0 Å². The number of imidazole rings is 2. The van der Waals surface area contributed by atoms with E-state index in [9.17, 15) is 0 Å². The van der Waals surface area contributed by atoms with Gasteiger partial charge in [0.15, 0.2) is 11.5 Å². The monoisotopic (exact) mass is 360 g/mol. The molecule has 4 aromatic heterocycles. The van der Waals surface area contributed by atoms with E-state index in [2.05, 4.69) is 51.6 Å². The molecule has 0 spiro atoms. The van der Waals surface area contributed by atoms with Gasteiger partial charge in [0, 0.05) is 43.8 Å². The number of pyridine rings is 1. The van der Waals surface area contributed by atoms with Crippen molar-refractivity contribution in [2.45, 2.75) is 25.3 Å². The number of fused-ring (bicyclic) bond motifs is 1. The Morgan fingerprint density at radius 2 is 2.15 bits per heavy atom. The lowest BCUT2D eigenvalue weighted by atomic mass is 9.97. The van der Waals surface area contributed by atoms with Crippen molar-refractivity contribution < 1.29 is 0 Å². The molecule has 1 aliphatic rings. The Balaban J connectivity index is 1.41. The van der Waals surface area contributed by atoms with E-state index in [1.807, 2.05) is 18.5 Å². The standard InChI is InChI=1S/C19H20N8/c1-3-14(9-20-5-1)10-27-8-6-21-18(27)15-4-2-7-26(11-15)19-16-17(23-12-22-16)24-13-25-19/h1,3,5-6,8-9,12-13,15H,2,4,7,10-11H2,(H,22,23,24,25). The van der Waals surface area contributed by atoms with Crippen molar-refractivity contribution >= 4 is 17.0 Å². The van der Waals surface area contributed by atoms with Gasteiger partial charge in [-0.1, -0.05) is 6.07 Å². The molecule has 8 nitrogen and oxygen atoms in total. The number of rotatable bonds is 4. The summed E-state index contributed by atoms with van der Waals surface area (Å²) in [4.78, 5) is 27.4. The topological polar surface area (TPSA) is 88.4 Å². The fourth-order valence-electron chi connectivity index (χ4n) is 3.87. The highest BCUT2D eigenvalue weighted by Crippen LogP contribution is 2.30. The number of anilines is 1. The number of aromatic amines is 1. The van der Waals surface area contributed by atoms with E-state index in [4.69, 9.17) is 0 Å². The minimum Gasteiger partial charge on any atom is -0.354 e. The molecule has 5 heterocycles. The summed E-state index contributed by atoms with van der Waals surface area (Å²) in [7, 11) is 0. The minimum atomic E-state index is 0.360. The molecule has 1 unspecified atom stereocenters. The molecule has 1 saturated heterocycles. The molecule has 1 N–H and O–H groups in total. The largest absolute Gasteiger partial charge is 0.354 e. The molecule has 4 aromatic rings. The highest BCUT2D eigenvalue weighted by molar-refractivity contribution is 5.82. The molecular weight excluding hydrogens is 340 g/mol. The predicted octanol–water partition coefficient (Wildman–Crippen LogP) is 2.38. The normalized spacial score (nSPS) is 17.5. The predicted molar refractivity (Wildman–Crippen MR) is 101 cm³/mol. The zero-order chi connectivity index (χ0) is 18.1. The van der Waals surface area contributed by atoms with Gasteiger partial charge in [-0.05, 0) is 24.5 Å². The van der Waals surface area contributed by atoms with Gasteiger partial charge in [0.05, 0.1) is 12.9 Å². The van der Waals surface area contributed by atoms with Gasteiger partial charge in [-0.3, -0.25) is 4.98 Å². The summed E-state index contributed by atoms with van der Waals surface area (Å²) in [5.74, 6) is 2.41. The molecule has 1 fully saturated rings. The van der Waals surface area contributed by atoms with Crippen molar-refractivity contribution in [3.05, 3.63) is 61.0 Å². The average Bonchev–Trinajstić information content (AvgIpc) is 3.38. The van der Waals surface area contributed by atoms with Crippen molar-refractivity contribution in [3.63, 3.8) is 0 Å². The van der Waals surface area contributed by atoms with Crippen LogP contribution in [0.5, 0.6) is 0 Å².